The predicted molar refractivity (Wildman–Crippen MR) is 83.8 cm³/mol. The van der Waals surface area contributed by atoms with Crippen molar-refractivity contribution in [1.82, 2.24) is 30.1 Å². The number of nitrogens with one attached hydrogen (secondary N) is 1. The van der Waals surface area contributed by atoms with E-state index in [-0.39, 0.29) is 17.5 Å². The van der Waals surface area contributed by atoms with E-state index in [9.17, 15) is 13.2 Å². The molecular formula is C15H21F3N6O. The topological polar surface area (TPSA) is 72.0 Å². The second-order valence-electron chi connectivity index (χ2n) is 7.15. The summed E-state index contributed by atoms with van der Waals surface area (Å²) in [6, 6.07) is -0.141. The molecule has 2 aromatic heterocycles. The van der Waals surface area contributed by atoms with Gasteiger partial charge in [0.1, 0.15) is 0 Å². The first-order chi connectivity index (χ1) is 11.6. The number of nitrogens with zero attached hydrogens (tertiary/aromatic N) is 5. The Bertz CT molecular complexity index is 745. The van der Waals surface area contributed by atoms with E-state index in [1.54, 1.807) is 20.8 Å². The number of alkyl halides is 3. The average Bonchev–Trinajstić information content (AvgIpc) is 3.13. The molecule has 138 valence electrons. The van der Waals surface area contributed by atoms with Gasteiger partial charge in [-0.3, -0.25) is 9.58 Å². The Hall–Kier alpha value is -1.94. The van der Waals surface area contributed by atoms with Gasteiger partial charge in [-0.1, -0.05) is 5.16 Å². The van der Waals surface area contributed by atoms with Gasteiger partial charge >= 0.3 is 6.18 Å². The smallest absolute Gasteiger partial charge is 0.334 e. The summed E-state index contributed by atoms with van der Waals surface area (Å²) in [4.78, 5) is 6.25. The Balaban J connectivity index is 2.02. The molecule has 25 heavy (non-hydrogen) atoms. The first kappa shape index (κ1) is 17.9. The van der Waals surface area contributed by atoms with Gasteiger partial charge in [-0.2, -0.15) is 23.3 Å². The van der Waals surface area contributed by atoms with Crippen molar-refractivity contribution in [2.45, 2.75) is 38.5 Å². The van der Waals surface area contributed by atoms with Gasteiger partial charge in [0, 0.05) is 19.6 Å². The lowest BCUT2D eigenvalue weighted by atomic mass is 10.1. The molecule has 3 rings (SSSR count). The van der Waals surface area contributed by atoms with E-state index < -0.39 is 17.4 Å². The molecule has 0 amide bonds. The average molecular weight is 358 g/mol. The van der Waals surface area contributed by atoms with Crippen LogP contribution in [0.5, 0.6) is 0 Å². The van der Waals surface area contributed by atoms with Crippen molar-refractivity contribution in [3.63, 3.8) is 0 Å². The molecule has 0 radical (unpaired) electrons. The third-order valence-corrected chi connectivity index (χ3v) is 4.15. The third-order valence-electron chi connectivity index (χ3n) is 4.15. The van der Waals surface area contributed by atoms with Crippen molar-refractivity contribution in [2.75, 3.05) is 26.7 Å². The van der Waals surface area contributed by atoms with Crippen molar-refractivity contribution < 1.29 is 17.7 Å². The Kier molecular flexibility index (Phi) is 4.36. The normalized spacial score (nSPS) is 20.2. The SMILES string of the molecule is CN1CCNCC1c1noc(-c2cnn(C(C)(C)C)c2C(F)(F)F)n1. The van der Waals surface area contributed by atoms with Crippen LogP contribution in [0.25, 0.3) is 11.5 Å². The van der Waals surface area contributed by atoms with Crippen LogP contribution >= 0.6 is 0 Å². The van der Waals surface area contributed by atoms with Crippen molar-refractivity contribution in [3.05, 3.63) is 17.7 Å². The zero-order valence-corrected chi connectivity index (χ0v) is 14.6. The number of likely N-dealkylation sites (N-methyl/N-ethyl adjacent to an activating group) is 1. The third kappa shape index (κ3) is 3.40. The van der Waals surface area contributed by atoms with Gasteiger partial charge in [-0.05, 0) is 27.8 Å². The minimum absolute atomic E-state index is 0.141. The summed E-state index contributed by atoms with van der Waals surface area (Å²) < 4.78 is 46.9. The molecule has 2 aromatic rings. The van der Waals surface area contributed by atoms with E-state index in [4.69, 9.17) is 4.52 Å². The van der Waals surface area contributed by atoms with E-state index in [2.05, 4.69) is 20.6 Å². The summed E-state index contributed by atoms with van der Waals surface area (Å²) in [5.74, 6) is 0.193. The summed E-state index contributed by atoms with van der Waals surface area (Å²) in [5, 5.41) is 11.0. The van der Waals surface area contributed by atoms with Crippen LogP contribution in [0.3, 0.4) is 0 Å². The molecule has 0 aliphatic carbocycles. The van der Waals surface area contributed by atoms with Crippen LogP contribution in [0.1, 0.15) is 38.3 Å². The molecule has 3 heterocycles. The second kappa shape index (κ2) is 6.10. The van der Waals surface area contributed by atoms with E-state index in [0.29, 0.717) is 12.4 Å². The molecule has 1 fully saturated rings. The molecule has 0 spiro atoms. The highest BCUT2D eigenvalue weighted by molar-refractivity contribution is 5.56. The maximum atomic E-state index is 13.6. The monoisotopic (exact) mass is 358 g/mol. The summed E-state index contributed by atoms with van der Waals surface area (Å²) in [5.41, 5.74) is -1.92. The number of hydrogen-bond donors (Lipinski definition) is 1. The van der Waals surface area contributed by atoms with Crippen LogP contribution in [0.4, 0.5) is 13.2 Å². The predicted octanol–water partition coefficient (Wildman–Crippen LogP) is 2.28. The molecule has 0 aromatic carbocycles. The van der Waals surface area contributed by atoms with Crippen molar-refractivity contribution in [2.24, 2.45) is 0 Å². The Morgan fingerprint density at radius 3 is 2.60 bits per heavy atom. The quantitative estimate of drug-likeness (QED) is 0.888. The number of aromatic nitrogens is 4. The van der Waals surface area contributed by atoms with Crippen molar-refractivity contribution in [1.29, 1.82) is 0 Å². The van der Waals surface area contributed by atoms with Crippen molar-refractivity contribution in [3.8, 4) is 11.5 Å². The molecule has 1 unspecified atom stereocenters. The number of rotatable bonds is 2. The molecule has 1 N–H and O–H groups in total. The Morgan fingerprint density at radius 1 is 1.28 bits per heavy atom. The molecule has 1 aliphatic rings. The number of piperazine rings is 1. The van der Waals surface area contributed by atoms with Gasteiger partial charge in [0.15, 0.2) is 11.5 Å². The fourth-order valence-corrected chi connectivity index (χ4v) is 2.86. The fourth-order valence-electron chi connectivity index (χ4n) is 2.86. The van der Waals surface area contributed by atoms with Gasteiger partial charge in [-0.15, -0.1) is 0 Å². The van der Waals surface area contributed by atoms with Crippen LogP contribution in [-0.4, -0.2) is 51.5 Å². The number of halogens is 3. The first-order valence-corrected chi connectivity index (χ1v) is 7.99. The minimum atomic E-state index is -4.59. The minimum Gasteiger partial charge on any atom is -0.334 e. The van der Waals surface area contributed by atoms with Gasteiger partial charge in [0.05, 0.1) is 23.3 Å². The maximum Gasteiger partial charge on any atom is 0.433 e. The summed E-state index contributed by atoms with van der Waals surface area (Å²) in [6.45, 7) is 7.21. The van der Waals surface area contributed by atoms with Gasteiger partial charge in [0.2, 0.25) is 0 Å². The lowest BCUT2D eigenvalue weighted by Gasteiger charge is -2.30. The van der Waals surface area contributed by atoms with Crippen LogP contribution in [-0.2, 0) is 11.7 Å². The van der Waals surface area contributed by atoms with E-state index in [1.807, 2.05) is 11.9 Å². The molecule has 0 bridgehead atoms. The zero-order valence-electron chi connectivity index (χ0n) is 14.6. The van der Waals surface area contributed by atoms with Gasteiger partial charge in [-0.25, -0.2) is 0 Å². The number of hydrogen-bond acceptors (Lipinski definition) is 6. The van der Waals surface area contributed by atoms with Crippen LogP contribution in [0.15, 0.2) is 10.7 Å². The maximum absolute atomic E-state index is 13.6. The lowest BCUT2D eigenvalue weighted by molar-refractivity contribution is -0.145. The van der Waals surface area contributed by atoms with E-state index in [1.165, 1.54) is 0 Å². The standard InChI is InChI=1S/C15H21F3N6O/c1-14(2,3)24-11(15(16,17)18)9(7-20-24)13-21-12(22-25-13)10-8-19-5-6-23(10)4/h7,10,19H,5-6,8H2,1-4H3. The molecular weight excluding hydrogens is 337 g/mol. The molecule has 7 nitrogen and oxygen atoms in total. The molecule has 10 heteroatoms. The van der Waals surface area contributed by atoms with E-state index >= 15 is 0 Å². The Labute approximate surface area is 143 Å². The highest BCUT2D eigenvalue weighted by Crippen LogP contribution is 2.39. The van der Waals surface area contributed by atoms with Gasteiger partial charge in [0.25, 0.3) is 5.89 Å². The lowest BCUT2D eigenvalue weighted by Crippen LogP contribution is -2.44. The zero-order chi connectivity index (χ0) is 18.4. The largest absolute Gasteiger partial charge is 0.433 e. The molecule has 1 atom stereocenters. The molecule has 1 aliphatic heterocycles. The van der Waals surface area contributed by atoms with Gasteiger partial charge < -0.3 is 9.84 Å². The summed E-state index contributed by atoms with van der Waals surface area (Å²) in [7, 11) is 1.92. The van der Waals surface area contributed by atoms with Crippen LogP contribution in [0.2, 0.25) is 0 Å². The fraction of sp³-hybridized carbons (Fsp3) is 0.667. The highest BCUT2D eigenvalue weighted by atomic mass is 19.4. The second-order valence-corrected chi connectivity index (χ2v) is 7.15. The molecule has 0 saturated carbocycles. The summed E-state index contributed by atoms with van der Waals surface area (Å²) >= 11 is 0. The highest BCUT2D eigenvalue weighted by Gasteiger charge is 2.42. The Morgan fingerprint density at radius 2 is 2.00 bits per heavy atom. The van der Waals surface area contributed by atoms with E-state index in [0.717, 1.165) is 24.0 Å². The first-order valence-electron chi connectivity index (χ1n) is 7.99. The van der Waals surface area contributed by atoms with Crippen LogP contribution in [0, 0.1) is 0 Å². The summed E-state index contributed by atoms with van der Waals surface area (Å²) in [6.07, 6.45) is -3.45. The molecule has 1 saturated heterocycles. The van der Waals surface area contributed by atoms with Crippen molar-refractivity contribution >= 4 is 0 Å². The van der Waals surface area contributed by atoms with Crippen LogP contribution < -0.4 is 5.32 Å².